The number of hydrogen-bond acceptors (Lipinski definition) is 9. The quantitative estimate of drug-likeness (QED) is 0.206. The van der Waals surface area contributed by atoms with Gasteiger partial charge in [-0.25, -0.2) is 14.8 Å². The number of methoxy groups -OCH3 is 1. The van der Waals surface area contributed by atoms with Crippen LogP contribution in [-0.2, 0) is 9.53 Å². The van der Waals surface area contributed by atoms with E-state index in [1.807, 2.05) is 36.9 Å². The summed E-state index contributed by atoms with van der Waals surface area (Å²) < 4.78 is 16.8. The van der Waals surface area contributed by atoms with Crippen LogP contribution in [-0.4, -0.2) is 64.0 Å². The van der Waals surface area contributed by atoms with Crippen molar-refractivity contribution in [3.8, 4) is 17.0 Å². The fraction of sp³-hybridized carbons (Fsp3) is 0.605. The third-order valence-electron chi connectivity index (χ3n) is 10.7. The predicted octanol–water partition coefficient (Wildman–Crippen LogP) is 7.08. The third kappa shape index (κ3) is 8.79. The van der Waals surface area contributed by atoms with Crippen LogP contribution in [0.25, 0.3) is 11.3 Å². The summed E-state index contributed by atoms with van der Waals surface area (Å²) in [7, 11) is 1.67. The first-order valence-electron chi connectivity index (χ1n) is 18.0. The maximum Gasteiger partial charge on any atom is 0.407 e. The second-order valence-corrected chi connectivity index (χ2v) is 14.5. The molecule has 3 aromatic heterocycles. The van der Waals surface area contributed by atoms with E-state index < -0.39 is 11.7 Å². The lowest BCUT2D eigenvalue weighted by Gasteiger charge is -2.35. The number of anilines is 1. The number of alkyl carbamates (subject to hydrolysis) is 1. The molecule has 0 saturated heterocycles. The molecule has 3 aliphatic rings. The van der Waals surface area contributed by atoms with Crippen molar-refractivity contribution < 1.29 is 28.6 Å². The highest BCUT2D eigenvalue weighted by molar-refractivity contribution is 5.94. The zero-order chi connectivity index (χ0) is 34.5. The Kier molecular flexibility index (Phi) is 10.9. The van der Waals surface area contributed by atoms with Crippen molar-refractivity contribution >= 4 is 17.8 Å². The van der Waals surface area contributed by atoms with Crippen LogP contribution >= 0.6 is 0 Å². The monoisotopic (exact) mass is 673 g/mol. The fourth-order valence-corrected chi connectivity index (χ4v) is 7.10. The molecule has 0 bridgehead atoms. The molecule has 3 saturated carbocycles. The molecule has 1 atom stereocenters. The smallest absolute Gasteiger partial charge is 0.407 e. The summed E-state index contributed by atoms with van der Waals surface area (Å²) >= 11 is 0. The summed E-state index contributed by atoms with van der Waals surface area (Å²) in [6.45, 7) is 6.26. The van der Waals surface area contributed by atoms with E-state index in [4.69, 9.17) is 28.8 Å². The van der Waals surface area contributed by atoms with Gasteiger partial charge in [0.2, 0.25) is 5.91 Å². The van der Waals surface area contributed by atoms with E-state index in [0.717, 1.165) is 72.8 Å². The van der Waals surface area contributed by atoms with E-state index in [0.29, 0.717) is 62.2 Å². The van der Waals surface area contributed by atoms with E-state index in [2.05, 4.69) is 11.4 Å². The van der Waals surface area contributed by atoms with Gasteiger partial charge in [-0.3, -0.25) is 14.7 Å². The van der Waals surface area contributed by atoms with Crippen molar-refractivity contribution in [1.29, 1.82) is 0 Å². The SMILES string of the molecule is CCC(C)(O)CNC(=O)O[C@H]1CC[C@H](C(=O)N(C[C@H]2CC[C@H](c3ccc(OC)c(C)n3)CC2)c2cc(-c3coc(C4CC4)n3)ccn2)CC1. The Morgan fingerprint density at radius 2 is 1.76 bits per heavy atom. The molecule has 0 radical (unpaired) electrons. The number of amides is 2. The molecule has 3 aliphatic carbocycles. The van der Waals surface area contributed by atoms with Gasteiger partial charge in [0, 0.05) is 48.3 Å². The van der Waals surface area contributed by atoms with E-state index >= 15 is 0 Å². The molecule has 1 unspecified atom stereocenters. The molecule has 0 aromatic carbocycles. The lowest BCUT2D eigenvalue weighted by molar-refractivity contribution is -0.124. The Bertz CT molecular complexity index is 1590. The molecule has 3 aromatic rings. The normalized spacial score (nSPS) is 23.7. The molecule has 3 heterocycles. The van der Waals surface area contributed by atoms with Gasteiger partial charge >= 0.3 is 6.09 Å². The second-order valence-electron chi connectivity index (χ2n) is 14.5. The lowest BCUT2D eigenvalue weighted by atomic mass is 9.79. The van der Waals surface area contributed by atoms with Crippen molar-refractivity contribution in [2.45, 2.75) is 115 Å². The number of hydrogen-bond donors (Lipinski definition) is 2. The fourth-order valence-electron chi connectivity index (χ4n) is 7.10. The highest BCUT2D eigenvalue weighted by Crippen LogP contribution is 2.41. The number of aryl methyl sites for hydroxylation is 1. The predicted molar refractivity (Wildman–Crippen MR) is 185 cm³/mol. The molecule has 11 nitrogen and oxygen atoms in total. The number of oxazole rings is 1. The van der Waals surface area contributed by atoms with Crippen molar-refractivity contribution in [3.05, 3.63) is 54.0 Å². The largest absolute Gasteiger partial charge is 0.495 e. The number of ether oxygens (including phenoxy) is 2. The van der Waals surface area contributed by atoms with Crippen molar-refractivity contribution in [3.63, 3.8) is 0 Å². The lowest BCUT2D eigenvalue weighted by Crippen LogP contribution is -2.43. The molecular formula is C38H51N5O6. The van der Waals surface area contributed by atoms with Crippen molar-refractivity contribution in [2.24, 2.45) is 11.8 Å². The molecule has 3 fully saturated rings. The molecule has 49 heavy (non-hydrogen) atoms. The van der Waals surface area contributed by atoms with Crippen molar-refractivity contribution in [2.75, 3.05) is 25.1 Å². The molecule has 0 spiro atoms. The maximum absolute atomic E-state index is 14.4. The minimum atomic E-state index is -0.976. The van der Waals surface area contributed by atoms with Gasteiger partial charge < -0.3 is 24.3 Å². The minimum absolute atomic E-state index is 0.0694. The summed E-state index contributed by atoms with van der Waals surface area (Å²) in [4.78, 5) is 43.0. The van der Waals surface area contributed by atoms with Crippen LogP contribution in [0.15, 0.2) is 41.1 Å². The Labute approximate surface area is 289 Å². The van der Waals surface area contributed by atoms with E-state index in [9.17, 15) is 14.7 Å². The first kappa shape index (κ1) is 34.9. The van der Waals surface area contributed by atoms with Gasteiger partial charge in [-0.05, 0) is 115 Å². The summed E-state index contributed by atoms with van der Waals surface area (Å²) in [6, 6.07) is 7.98. The molecule has 11 heteroatoms. The summed E-state index contributed by atoms with van der Waals surface area (Å²) in [6.07, 6.45) is 11.9. The van der Waals surface area contributed by atoms with Crippen molar-refractivity contribution in [1.82, 2.24) is 20.3 Å². The summed E-state index contributed by atoms with van der Waals surface area (Å²) in [5.41, 5.74) is 2.69. The average Bonchev–Trinajstić information content (AvgIpc) is 3.85. The van der Waals surface area contributed by atoms with Gasteiger partial charge in [0.1, 0.15) is 29.6 Å². The number of carbonyl (C=O) groups is 2. The number of nitrogens with zero attached hydrogens (tertiary/aromatic N) is 4. The number of rotatable bonds is 12. The van der Waals surface area contributed by atoms with E-state index in [1.165, 1.54) is 0 Å². The Morgan fingerprint density at radius 3 is 2.43 bits per heavy atom. The van der Waals surface area contributed by atoms with Gasteiger partial charge in [0.05, 0.1) is 18.4 Å². The van der Waals surface area contributed by atoms with Crippen LogP contribution in [0.4, 0.5) is 10.6 Å². The van der Waals surface area contributed by atoms with Gasteiger partial charge in [-0.1, -0.05) is 6.92 Å². The maximum atomic E-state index is 14.4. The van der Waals surface area contributed by atoms with Crippen LogP contribution in [0.1, 0.15) is 114 Å². The van der Waals surface area contributed by atoms with Crippen LogP contribution in [0, 0.1) is 18.8 Å². The van der Waals surface area contributed by atoms with Crippen LogP contribution in [0.2, 0.25) is 0 Å². The first-order chi connectivity index (χ1) is 23.6. The van der Waals surface area contributed by atoms with E-state index in [1.54, 1.807) is 26.5 Å². The molecule has 2 N–H and O–H groups in total. The zero-order valence-corrected chi connectivity index (χ0v) is 29.3. The first-order valence-corrected chi connectivity index (χ1v) is 18.0. The third-order valence-corrected chi connectivity index (χ3v) is 10.7. The van der Waals surface area contributed by atoms with Gasteiger partial charge in [-0.2, -0.15) is 0 Å². The Balaban J connectivity index is 1.13. The summed E-state index contributed by atoms with van der Waals surface area (Å²) in [5.74, 6) is 3.24. The van der Waals surface area contributed by atoms with Crippen LogP contribution in [0.5, 0.6) is 5.75 Å². The second kappa shape index (κ2) is 15.3. The molecule has 6 rings (SSSR count). The summed E-state index contributed by atoms with van der Waals surface area (Å²) in [5, 5.41) is 12.9. The topological polar surface area (TPSA) is 140 Å². The van der Waals surface area contributed by atoms with Gasteiger partial charge in [0.25, 0.3) is 0 Å². The molecule has 2 amide bonds. The minimum Gasteiger partial charge on any atom is -0.495 e. The van der Waals surface area contributed by atoms with Crippen LogP contribution in [0.3, 0.4) is 0 Å². The molecule has 264 valence electrons. The standard InChI is InChI=1S/C38H51N5O6/c1-5-38(3,46)23-40-37(45)49-30-14-12-28(13-15-30)36(44)43(34-20-29(18-19-39-34)32-22-48-35(42-32)27-10-11-27)21-25-6-8-26(9-7-25)31-16-17-33(47-4)24(2)41-31/h16-20,22,25-28,30,46H,5-15,21,23H2,1-4H3,(H,40,45)/t25-,26-,28-,30-,38?. The molecular weight excluding hydrogens is 622 g/mol. The zero-order valence-electron chi connectivity index (χ0n) is 29.3. The van der Waals surface area contributed by atoms with Crippen LogP contribution < -0.4 is 15.0 Å². The van der Waals surface area contributed by atoms with Gasteiger partial charge in [0.15, 0.2) is 5.89 Å². The Hall–Kier alpha value is -3.99. The number of aliphatic hydroxyl groups is 1. The Morgan fingerprint density at radius 1 is 1.02 bits per heavy atom. The highest BCUT2D eigenvalue weighted by Gasteiger charge is 2.35. The van der Waals surface area contributed by atoms with E-state index in [-0.39, 0.29) is 24.5 Å². The molecule has 0 aliphatic heterocycles. The number of aromatic nitrogens is 3. The average molecular weight is 674 g/mol. The highest BCUT2D eigenvalue weighted by atomic mass is 16.6. The number of nitrogens with one attached hydrogen (secondary N) is 1. The number of pyridine rings is 2. The number of carbonyl (C=O) groups excluding carboxylic acids is 2. The van der Waals surface area contributed by atoms with Gasteiger partial charge in [-0.15, -0.1) is 0 Å².